The van der Waals surface area contributed by atoms with Crippen LogP contribution >= 0.6 is 0 Å². The van der Waals surface area contributed by atoms with Gasteiger partial charge >= 0.3 is 0 Å². The third-order valence-corrected chi connectivity index (χ3v) is 0.500. The molecule has 1 nitrogen and oxygen atoms in total. The van der Waals surface area contributed by atoms with E-state index < -0.39 is 0 Å². The molecule has 0 fully saturated rings. The zero-order chi connectivity index (χ0) is 10.1. The van der Waals surface area contributed by atoms with Crippen LogP contribution in [0.25, 0.3) is 0 Å². The summed E-state index contributed by atoms with van der Waals surface area (Å²) in [6.45, 7) is 16.9. The average Bonchev–Trinajstić information content (AvgIpc) is 2.12. The van der Waals surface area contributed by atoms with Gasteiger partial charge in [-0.25, -0.2) is 0 Å². The van der Waals surface area contributed by atoms with Crippen LogP contribution in [0, 0.1) is 14.4 Å². The molecule has 0 bridgehead atoms. The van der Waals surface area contributed by atoms with Crippen molar-refractivity contribution in [2.45, 2.75) is 53.9 Å². The summed E-state index contributed by atoms with van der Waals surface area (Å²) in [7, 11) is 0. The maximum absolute atomic E-state index is 7.75. The molecule has 0 unspecified atom stereocenters. The van der Waals surface area contributed by atoms with Crippen molar-refractivity contribution in [1.29, 1.82) is 0 Å². The smallest absolute Gasteiger partial charge is 0 e. The van der Waals surface area contributed by atoms with Gasteiger partial charge < -0.3 is 19.1 Å². The van der Waals surface area contributed by atoms with Gasteiger partial charge in [-0.3, -0.25) is 6.79 Å². The first-order chi connectivity index (χ1) is 5.33. The molecule has 0 saturated heterocycles. The van der Waals surface area contributed by atoms with Crippen LogP contribution in [-0.2, 0) is 70.2 Å². The summed E-state index contributed by atoms with van der Waals surface area (Å²) in [5, 5.41) is 0. The van der Waals surface area contributed by atoms with E-state index in [1.807, 2.05) is 0 Å². The Morgan fingerprint density at radius 1 is 0.857 bits per heavy atom. The van der Waals surface area contributed by atoms with E-state index in [1.165, 1.54) is 19.3 Å². The van der Waals surface area contributed by atoms with E-state index in [4.69, 9.17) is 4.79 Å². The van der Waals surface area contributed by atoms with Gasteiger partial charge in [-0.1, -0.05) is 47.0 Å². The quantitative estimate of drug-likeness (QED) is 0.509. The minimum Gasteiger partial charge on any atom is -0.545 e. The molecule has 0 aliphatic rings. The fourth-order valence-electron chi connectivity index (χ4n) is 0. The fourth-order valence-corrected chi connectivity index (χ4v) is 0. The SMILES string of the molecule is CCC.CCCC.[CH-]=O.[CH2-]C.[CH3-].[Y].[Y]. The van der Waals surface area contributed by atoms with Crippen molar-refractivity contribution in [2.75, 3.05) is 0 Å². The minimum atomic E-state index is 0. The predicted molar refractivity (Wildman–Crippen MR) is 60.7 cm³/mol. The molecule has 0 aromatic carbocycles. The molecule has 0 spiro atoms. The second-order valence-electron chi connectivity index (χ2n) is 1.71. The first-order valence-corrected chi connectivity index (χ1v) is 4.27. The number of hydrogen-bond donors (Lipinski definition) is 0. The van der Waals surface area contributed by atoms with Crippen molar-refractivity contribution in [3.05, 3.63) is 14.4 Å². The average molecular weight is 353 g/mol. The van der Waals surface area contributed by atoms with Crippen molar-refractivity contribution < 1.29 is 70.2 Å². The second kappa shape index (κ2) is 120. The molecule has 0 heterocycles. The van der Waals surface area contributed by atoms with Crippen LogP contribution in [0.15, 0.2) is 0 Å². The van der Waals surface area contributed by atoms with Crippen molar-refractivity contribution in [3.63, 3.8) is 0 Å². The molecule has 0 N–H and O–H groups in total. The Bertz CT molecular complexity index is 27.2. The molecule has 0 atom stereocenters. The molecule has 0 amide bonds. The minimum absolute atomic E-state index is 0. The summed E-state index contributed by atoms with van der Waals surface area (Å²) in [5.41, 5.74) is 0. The van der Waals surface area contributed by atoms with E-state index in [-0.39, 0.29) is 72.8 Å². The van der Waals surface area contributed by atoms with Gasteiger partial charge in [-0.15, -0.1) is 0 Å². The van der Waals surface area contributed by atoms with Crippen molar-refractivity contribution in [1.82, 2.24) is 0 Å². The Morgan fingerprint density at radius 2 is 0.929 bits per heavy atom. The summed E-state index contributed by atoms with van der Waals surface area (Å²) in [4.78, 5) is 7.75. The van der Waals surface area contributed by atoms with E-state index in [2.05, 4.69) is 41.4 Å². The van der Waals surface area contributed by atoms with Crippen LogP contribution in [0.5, 0.6) is 0 Å². The zero-order valence-corrected chi connectivity index (χ0v) is 16.6. The molecular weight excluding hydrogens is 326 g/mol. The molecule has 0 aromatic heterocycles. The van der Waals surface area contributed by atoms with Gasteiger partial charge in [-0.05, 0) is 0 Å². The summed E-state index contributed by atoms with van der Waals surface area (Å²) < 4.78 is 0. The molecule has 0 aromatic rings. The largest absolute Gasteiger partial charge is 0.545 e. The Labute approximate surface area is 143 Å². The molecule has 86 valence electrons. The number of carbonyl (C=O) groups excluding carboxylic acids is 1. The van der Waals surface area contributed by atoms with Crippen LogP contribution in [-0.4, -0.2) is 6.79 Å². The molecule has 0 saturated carbocycles. The van der Waals surface area contributed by atoms with Crippen molar-refractivity contribution >= 4 is 6.79 Å². The molecular formula is C11H27OY2-3. The van der Waals surface area contributed by atoms with Gasteiger partial charge in [0.05, 0.1) is 0 Å². The first-order valence-electron chi connectivity index (χ1n) is 4.27. The van der Waals surface area contributed by atoms with E-state index in [0.29, 0.717) is 0 Å². The Kier molecular flexibility index (Phi) is 384. The molecule has 0 aliphatic heterocycles. The summed E-state index contributed by atoms with van der Waals surface area (Å²) in [5.74, 6) is 0. The first kappa shape index (κ1) is 44.6. The number of hydrogen-bond acceptors (Lipinski definition) is 1. The number of rotatable bonds is 1. The molecule has 2 radical (unpaired) electrons. The maximum Gasteiger partial charge on any atom is 0 e. The van der Waals surface area contributed by atoms with E-state index in [0.717, 1.165) is 0 Å². The number of unbranched alkanes of at least 4 members (excludes halogenated alkanes) is 1. The standard InChI is InChI=1S/C4H10.C3H8.C2H5.CHO.CH3.2Y/c1-3-4-2;1-3-2;2*1-2;;;/h3-4H2,1-2H3;3H2,1-2H3;1H2,2H3;1H;1H3;;/q;;3*-1;;. The normalized spacial score (nSPS) is 4.14. The molecule has 0 aliphatic carbocycles. The molecule has 0 rings (SSSR count). The van der Waals surface area contributed by atoms with Crippen molar-refractivity contribution in [2.24, 2.45) is 0 Å². The van der Waals surface area contributed by atoms with Crippen LogP contribution in [0.3, 0.4) is 0 Å². The molecule has 14 heavy (non-hydrogen) atoms. The fraction of sp³-hybridized carbons (Fsp3) is 0.727. The third kappa shape index (κ3) is 278. The maximum atomic E-state index is 7.75. The molecule has 3 heteroatoms. The van der Waals surface area contributed by atoms with E-state index >= 15 is 0 Å². The van der Waals surface area contributed by atoms with E-state index in [1.54, 1.807) is 6.92 Å². The third-order valence-electron chi connectivity index (χ3n) is 0.500. The Morgan fingerprint density at radius 3 is 0.929 bits per heavy atom. The Hall–Kier alpha value is 1.88. The summed E-state index contributed by atoms with van der Waals surface area (Å²) in [6, 6.07) is 0. The van der Waals surface area contributed by atoms with Crippen LogP contribution in [0.1, 0.15) is 53.9 Å². The Balaban J connectivity index is -0.00000000908. The van der Waals surface area contributed by atoms with Gasteiger partial charge in [-0.2, -0.15) is 6.92 Å². The predicted octanol–water partition coefficient (Wildman–Crippen LogP) is 4.23. The van der Waals surface area contributed by atoms with Gasteiger partial charge in [0.2, 0.25) is 0 Å². The van der Waals surface area contributed by atoms with Gasteiger partial charge in [0.15, 0.2) is 0 Å². The summed E-state index contributed by atoms with van der Waals surface area (Å²) >= 11 is 0. The van der Waals surface area contributed by atoms with E-state index in [9.17, 15) is 0 Å². The van der Waals surface area contributed by atoms with Crippen LogP contribution in [0.4, 0.5) is 0 Å². The van der Waals surface area contributed by atoms with Gasteiger partial charge in [0.1, 0.15) is 0 Å². The van der Waals surface area contributed by atoms with Crippen LogP contribution in [0.2, 0.25) is 0 Å². The van der Waals surface area contributed by atoms with Crippen molar-refractivity contribution in [3.8, 4) is 0 Å². The monoisotopic (exact) mass is 353 g/mol. The van der Waals surface area contributed by atoms with Gasteiger partial charge in [0, 0.05) is 65.4 Å². The second-order valence-corrected chi connectivity index (χ2v) is 1.71. The van der Waals surface area contributed by atoms with Crippen LogP contribution < -0.4 is 0 Å². The van der Waals surface area contributed by atoms with Gasteiger partial charge in [0.25, 0.3) is 0 Å². The topological polar surface area (TPSA) is 17.1 Å². The zero-order valence-electron chi connectivity index (χ0n) is 11.0. The summed E-state index contributed by atoms with van der Waals surface area (Å²) in [6.07, 6.45) is 3.89.